The van der Waals surface area contributed by atoms with Crippen molar-refractivity contribution < 1.29 is 8.78 Å². The first-order valence-electron chi connectivity index (χ1n) is 10.4. The third-order valence-electron chi connectivity index (χ3n) is 6.61. The van der Waals surface area contributed by atoms with Crippen LogP contribution in [0.3, 0.4) is 0 Å². The molecule has 146 valence electrons. The maximum Gasteiger partial charge on any atom is 0.245 e. The number of dihydropyridines is 1. The van der Waals surface area contributed by atoms with E-state index in [1.807, 2.05) is 0 Å². The summed E-state index contributed by atoms with van der Waals surface area (Å²) in [5, 5.41) is 0. The Morgan fingerprint density at radius 1 is 1.26 bits per heavy atom. The van der Waals surface area contributed by atoms with Gasteiger partial charge in [-0.05, 0) is 70.8 Å². The monoisotopic (exact) mass is 372 g/mol. The number of aliphatic imine (C=N–C) groups is 2. The van der Waals surface area contributed by atoms with Crippen LogP contribution in [-0.2, 0) is 0 Å². The normalized spacial score (nSPS) is 31.0. The number of nitrogens with zero attached hydrogens (tertiary/aromatic N) is 2. The van der Waals surface area contributed by atoms with Crippen molar-refractivity contribution in [2.45, 2.75) is 71.1 Å². The zero-order chi connectivity index (χ0) is 19.0. The first-order chi connectivity index (χ1) is 12.9. The van der Waals surface area contributed by atoms with E-state index < -0.39 is 5.92 Å². The smallest absolute Gasteiger partial charge is 0.245 e. The summed E-state index contributed by atoms with van der Waals surface area (Å²) in [7, 11) is 0. The quantitative estimate of drug-likeness (QED) is 0.517. The second kappa shape index (κ2) is 7.44. The largest absolute Gasteiger partial charge is 0.289 e. The average molecular weight is 373 g/mol. The number of fused-ring (bicyclic) bond motifs is 5. The van der Waals surface area contributed by atoms with Gasteiger partial charge >= 0.3 is 0 Å². The van der Waals surface area contributed by atoms with Crippen LogP contribution in [0.15, 0.2) is 45.1 Å². The summed E-state index contributed by atoms with van der Waals surface area (Å²) in [5.74, 6) is -1.14. The van der Waals surface area contributed by atoms with Crippen LogP contribution in [0, 0.1) is 17.8 Å². The van der Waals surface area contributed by atoms with Gasteiger partial charge in [-0.25, -0.2) is 8.78 Å². The molecule has 2 bridgehead atoms. The van der Waals surface area contributed by atoms with Crippen LogP contribution in [0.4, 0.5) is 8.78 Å². The van der Waals surface area contributed by atoms with E-state index in [1.165, 1.54) is 37.0 Å². The van der Waals surface area contributed by atoms with Crippen molar-refractivity contribution in [3.8, 4) is 0 Å². The molecule has 5 rings (SSSR count). The minimum Gasteiger partial charge on any atom is -0.289 e. The van der Waals surface area contributed by atoms with Gasteiger partial charge in [0.1, 0.15) is 0 Å². The highest BCUT2D eigenvalue weighted by Crippen LogP contribution is 2.43. The van der Waals surface area contributed by atoms with Gasteiger partial charge in [0.05, 0.1) is 6.54 Å². The molecule has 0 spiro atoms. The molecule has 3 unspecified atom stereocenters. The minimum absolute atomic E-state index is 0.130. The van der Waals surface area contributed by atoms with E-state index in [0.29, 0.717) is 24.8 Å². The van der Waals surface area contributed by atoms with Crippen molar-refractivity contribution in [2.75, 3.05) is 6.54 Å². The van der Waals surface area contributed by atoms with E-state index in [0.717, 1.165) is 31.2 Å². The lowest BCUT2D eigenvalue weighted by Gasteiger charge is -2.34. The molecular formula is C23H30F2N2. The van der Waals surface area contributed by atoms with E-state index >= 15 is 0 Å². The van der Waals surface area contributed by atoms with Crippen molar-refractivity contribution in [3.63, 3.8) is 0 Å². The van der Waals surface area contributed by atoms with Crippen molar-refractivity contribution in [2.24, 2.45) is 27.7 Å². The Balaban J connectivity index is 1.58. The van der Waals surface area contributed by atoms with Gasteiger partial charge in [-0.15, -0.1) is 0 Å². The summed E-state index contributed by atoms with van der Waals surface area (Å²) in [6, 6.07) is 0. The van der Waals surface area contributed by atoms with Crippen LogP contribution in [0.2, 0.25) is 0 Å². The molecule has 2 heterocycles. The Kier molecular flexibility index (Phi) is 5.17. The van der Waals surface area contributed by atoms with Crippen LogP contribution >= 0.6 is 0 Å². The Morgan fingerprint density at radius 2 is 2.11 bits per heavy atom. The summed E-state index contributed by atoms with van der Waals surface area (Å²) in [4.78, 5) is 9.78. The third-order valence-corrected chi connectivity index (χ3v) is 6.61. The molecule has 27 heavy (non-hydrogen) atoms. The first-order valence-corrected chi connectivity index (χ1v) is 10.4. The summed E-state index contributed by atoms with van der Waals surface area (Å²) in [5.41, 5.74) is 6.17. The first kappa shape index (κ1) is 18.8. The Morgan fingerprint density at radius 3 is 2.93 bits per heavy atom. The predicted molar refractivity (Wildman–Crippen MR) is 108 cm³/mol. The molecule has 2 nitrogen and oxygen atoms in total. The van der Waals surface area contributed by atoms with Crippen LogP contribution in [0.25, 0.3) is 0 Å². The molecule has 0 saturated heterocycles. The number of rotatable bonds is 4. The van der Waals surface area contributed by atoms with Gasteiger partial charge in [0.25, 0.3) is 0 Å². The number of allylic oxidation sites excluding steroid dienone is 5. The summed E-state index contributed by atoms with van der Waals surface area (Å²) < 4.78 is 26.5. The molecule has 3 aliphatic carbocycles. The van der Waals surface area contributed by atoms with E-state index in [1.54, 1.807) is 5.57 Å². The predicted octanol–water partition coefficient (Wildman–Crippen LogP) is 6.30. The minimum atomic E-state index is -2.63. The molecule has 5 aliphatic rings. The molecular weight excluding hydrogens is 342 g/mol. The second-order valence-corrected chi connectivity index (χ2v) is 8.82. The van der Waals surface area contributed by atoms with Crippen LogP contribution in [0.5, 0.6) is 0 Å². The summed E-state index contributed by atoms with van der Waals surface area (Å²) >= 11 is 0. The fraction of sp³-hybridized carbons (Fsp3) is 0.652. The Bertz CT molecular complexity index is 749. The number of hydrogen-bond donors (Lipinski definition) is 0. The zero-order valence-corrected chi connectivity index (χ0v) is 16.5. The highest BCUT2D eigenvalue weighted by molar-refractivity contribution is 6.00. The van der Waals surface area contributed by atoms with Crippen molar-refractivity contribution >= 4 is 11.4 Å². The third kappa shape index (κ3) is 4.30. The highest BCUT2D eigenvalue weighted by atomic mass is 19.3. The molecule has 1 saturated carbocycles. The second-order valence-electron chi connectivity index (χ2n) is 8.82. The average Bonchev–Trinajstić information content (AvgIpc) is 3.04. The lowest BCUT2D eigenvalue weighted by atomic mass is 9.72. The van der Waals surface area contributed by atoms with Crippen LogP contribution in [0.1, 0.15) is 65.2 Å². The fourth-order valence-corrected chi connectivity index (χ4v) is 5.08. The molecule has 2 aliphatic heterocycles. The lowest BCUT2D eigenvalue weighted by molar-refractivity contribution is 0.0151. The molecule has 0 amide bonds. The summed E-state index contributed by atoms with van der Waals surface area (Å²) in [6.45, 7) is 3.76. The molecule has 0 aromatic heterocycles. The van der Waals surface area contributed by atoms with Gasteiger partial charge in [0.15, 0.2) is 0 Å². The fourth-order valence-electron chi connectivity index (χ4n) is 5.08. The highest BCUT2D eigenvalue weighted by Gasteiger charge is 2.37. The van der Waals surface area contributed by atoms with Crippen molar-refractivity contribution in [3.05, 3.63) is 35.1 Å². The number of alkyl halides is 2. The van der Waals surface area contributed by atoms with E-state index in [4.69, 9.17) is 9.98 Å². The summed E-state index contributed by atoms with van der Waals surface area (Å²) in [6.07, 6.45) is 14.0. The van der Waals surface area contributed by atoms with E-state index in [2.05, 4.69) is 25.2 Å². The van der Waals surface area contributed by atoms with Gasteiger partial charge < -0.3 is 0 Å². The molecule has 3 atom stereocenters. The Hall–Kier alpha value is -1.58. The van der Waals surface area contributed by atoms with Gasteiger partial charge in [-0.2, -0.15) is 0 Å². The molecule has 1 fully saturated rings. The SMILES string of the molecule is CC1=CCC2=CC(CCC(C)(F)F)=NCC2C(C2CC3=CCC2CCC3)=N1. The zero-order valence-electron chi connectivity index (χ0n) is 16.5. The maximum atomic E-state index is 13.2. The van der Waals surface area contributed by atoms with Crippen LogP contribution < -0.4 is 0 Å². The number of halogens is 2. The van der Waals surface area contributed by atoms with Crippen molar-refractivity contribution in [1.29, 1.82) is 0 Å². The lowest BCUT2D eigenvalue weighted by Crippen LogP contribution is -2.34. The molecule has 0 radical (unpaired) electrons. The van der Waals surface area contributed by atoms with Gasteiger partial charge in [-0.3, -0.25) is 9.98 Å². The van der Waals surface area contributed by atoms with E-state index in [-0.39, 0.29) is 12.3 Å². The van der Waals surface area contributed by atoms with Crippen molar-refractivity contribution in [1.82, 2.24) is 0 Å². The Labute approximate surface area is 161 Å². The number of hydrogen-bond acceptors (Lipinski definition) is 2. The van der Waals surface area contributed by atoms with Crippen LogP contribution in [-0.4, -0.2) is 23.9 Å². The molecule has 0 aromatic rings. The van der Waals surface area contributed by atoms with Gasteiger partial charge in [0.2, 0.25) is 5.92 Å². The van der Waals surface area contributed by atoms with E-state index in [9.17, 15) is 8.78 Å². The molecule has 4 heteroatoms. The standard InChI is InChI=1S/C23H30F2N2/c1-15-6-8-18-13-19(10-11-23(2,24)25)26-14-21(18)22(27-15)20-12-16-4-3-5-17(20)9-7-16/h6-7,13,17,20-21H,3-5,8-12,14H2,1-2H3. The van der Waals surface area contributed by atoms with Gasteiger partial charge in [-0.1, -0.05) is 23.3 Å². The molecule has 0 aromatic carbocycles. The topological polar surface area (TPSA) is 24.7 Å². The maximum absolute atomic E-state index is 13.2. The van der Waals surface area contributed by atoms with Gasteiger partial charge in [0, 0.05) is 35.4 Å². The molecule has 0 N–H and O–H groups in total.